The van der Waals surface area contributed by atoms with Crippen molar-refractivity contribution >= 4 is 46.9 Å². The molecule has 0 saturated carbocycles. The second-order valence-corrected chi connectivity index (χ2v) is 10.5. The van der Waals surface area contributed by atoms with E-state index in [1.807, 2.05) is 66.7 Å². The first kappa shape index (κ1) is 29.9. The number of hydrogen-bond acceptors (Lipinski definition) is 6. The van der Waals surface area contributed by atoms with Crippen LogP contribution in [0.15, 0.2) is 136 Å². The van der Waals surface area contributed by atoms with Gasteiger partial charge in [-0.2, -0.15) is 0 Å². The van der Waals surface area contributed by atoms with Crippen LogP contribution in [0.3, 0.4) is 0 Å². The van der Waals surface area contributed by atoms with Crippen molar-refractivity contribution in [3.05, 3.63) is 138 Å². The number of rotatable bonds is 11. The smallest absolute Gasteiger partial charge is 0.272 e. The second kappa shape index (κ2) is 14.6. The van der Waals surface area contributed by atoms with E-state index in [1.165, 1.54) is 17.8 Å². The Morgan fingerprint density at radius 1 is 0.750 bits per heavy atom. The molecule has 3 amide bonds. The van der Waals surface area contributed by atoms with Crippen LogP contribution < -0.4 is 20.7 Å². The lowest BCUT2D eigenvalue weighted by atomic mass is 10.1. The highest BCUT2D eigenvalue weighted by Crippen LogP contribution is 2.31. The van der Waals surface area contributed by atoms with Gasteiger partial charge < -0.3 is 25.1 Å². The molecule has 0 fully saturated rings. The van der Waals surface area contributed by atoms with Gasteiger partial charge in [-0.25, -0.2) is 0 Å². The Balaban J connectivity index is 1.29. The number of amides is 3. The minimum atomic E-state index is -0.535. The van der Waals surface area contributed by atoms with E-state index < -0.39 is 11.8 Å². The molecule has 0 saturated heterocycles. The average molecular weight is 604 g/mol. The molecule has 0 radical (unpaired) electrons. The highest BCUT2D eigenvalue weighted by Gasteiger charge is 2.17. The zero-order chi connectivity index (χ0) is 30.7. The number of benzene rings is 4. The predicted molar refractivity (Wildman–Crippen MR) is 173 cm³/mol. The number of methoxy groups -OCH3 is 1. The molecule has 3 N–H and O–H groups in total. The van der Waals surface area contributed by atoms with Crippen molar-refractivity contribution in [2.75, 3.05) is 23.5 Å². The quantitative estimate of drug-likeness (QED) is 0.110. The zero-order valence-electron chi connectivity index (χ0n) is 23.8. The van der Waals surface area contributed by atoms with E-state index >= 15 is 0 Å². The lowest BCUT2D eigenvalue weighted by molar-refractivity contribution is -0.114. The molecule has 5 rings (SSSR count). The van der Waals surface area contributed by atoms with Gasteiger partial charge in [0.2, 0.25) is 5.91 Å². The third-order valence-electron chi connectivity index (χ3n) is 6.35. The predicted octanol–water partition coefficient (Wildman–Crippen LogP) is 7.10. The Morgan fingerprint density at radius 3 is 2.14 bits per heavy atom. The van der Waals surface area contributed by atoms with Gasteiger partial charge in [0.25, 0.3) is 11.8 Å². The topological polar surface area (TPSA) is 110 Å². The molecule has 0 atom stereocenters. The summed E-state index contributed by atoms with van der Waals surface area (Å²) in [6.07, 6.45) is 1.48. The van der Waals surface area contributed by atoms with Crippen molar-refractivity contribution in [3.8, 4) is 17.1 Å². The Bertz CT molecular complexity index is 1770. The minimum absolute atomic E-state index is 0.00388. The molecule has 8 nitrogen and oxygen atoms in total. The van der Waals surface area contributed by atoms with Crippen LogP contribution in [0.5, 0.6) is 5.75 Å². The van der Waals surface area contributed by atoms with Crippen molar-refractivity contribution in [2.45, 2.75) is 4.90 Å². The lowest BCUT2D eigenvalue weighted by Gasteiger charge is -2.11. The van der Waals surface area contributed by atoms with Gasteiger partial charge in [0, 0.05) is 27.9 Å². The summed E-state index contributed by atoms with van der Waals surface area (Å²) in [7, 11) is 1.58. The second-order valence-electron chi connectivity index (χ2n) is 9.46. The zero-order valence-corrected chi connectivity index (χ0v) is 24.6. The number of ether oxygens (including phenoxy) is 1. The van der Waals surface area contributed by atoms with Crippen LogP contribution >= 0.6 is 11.8 Å². The molecule has 1 aromatic heterocycles. The molecule has 1 heterocycles. The van der Waals surface area contributed by atoms with Crippen LogP contribution in [0, 0.1) is 0 Å². The molecule has 9 heteroatoms. The van der Waals surface area contributed by atoms with Crippen molar-refractivity contribution < 1.29 is 23.5 Å². The molecule has 4 aromatic carbocycles. The summed E-state index contributed by atoms with van der Waals surface area (Å²) in [5.74, 6) is 0.703. The number of thioether (sulfide) groups is 1. The highest BCUT2D eigenvalue weighted by atomic mass is 32.2. The molecule has 0 spiro atoms. The molecular weight excluding hydrogens is 574 g/mol. The maximum absolute atomic E-state index is 13.4. The Labute approximate surface area is 259 Å². The van der Waals surface area contributed by atoms with Gasteiger partial charge in [0.05, 0.1) is 18.4 Å². The lowest BCUT2D eigenvalue weighted by Crippen LogP contribution is -2.30. The van der Waals surface area contributed by atoms with Gasteiger partial charge in [-0.15, -0.1) is 11.8 Å². The maximum Gasteiger partial charge on any atom is 0.272 e. The molecule has 0 aliphatic heterocycles. The third-order valence-corrected chi connectivity index (χ3v) is 7.37. The molecule has 220 valence electrons. The summed E-state index contributed by atoms with van der Waals surface area (Å²) in [6, 6.07) is 35.9. The van der Waals surface area contributed by atoms with Crippen molar-refractivity contribution in [1.29, 1.82) is 0 Å². The number of carbonyl (C=O) groups is 3. The highest BCUT2D eigenvalue weighted by molar-refractivity contribution is 8.00. The Morgan fingerprint density at radius 2 is 1.41 bits per heavy atom. The summed E-state index contributed by atoms with van der Waals surface area (Å²) >= 11 is 1.38. The Hall–Kier alpha value is -5.54. The first-order valence-corrected chi connectivity index (χ1v) is 14.7. The van der Waals surface area contributed by atoms with Crippen LogP contribution in [0.2, 0.25) is 0 Å². The summed E-state index contributed by atoms with van der Waals surface area (Å²) < 4.78 is 11.4. The van der Waals surface area contributed by atoms with Crippen LogP contribution in [-0.2, 0) is 9.59 Å². The van der Waals surface area contributed by atoms with E-state index in [4.69, 9.17) is 9.15 Å². The minimum Gasteiger partial charge on any atom is -0.496 e. The fourth-order valence-electron chi connectivity index (χ4n) is 4.21. The monoisotopic (exact) mass is 603 g/mol. The van der Waals surface area contributed by atoms with E-state index in [1.54, 1.807) is 61.7 Å². The summed E-state index contributed by atoms with van der Waals surface area (Å²) in [6.45, 7) is 0. The van der Waals surface area contributed by atoms with Crippen molar-refractivity contribution in [1.82, 2.24) is 5.32 Å². The molecule has 0 bridgehead atoms. The van der Waals surface area contributed by atoms with Gasteiger partial charge in [-0.3, -0.25) is 14.4 Å². The fraction of sp³-hybridized carbons (Fsp3) is 0.0571. The summed E-state index contributed by atoms with van der Waals surface area (Å²) in [5.41, 5.74) is 2.41. The van der Waals surface area contributed by atoms with Gasteiger partial charge in [0.1, 0.15) is 23.0 Å². The first-order chi connectivity index (χ1) is 21.5. The van der Waals surface area contributed by atoms with Crippen molar-refractivity contribution in [3.63, 3.8) is 0 Å². The molecule has 0 unspecified atom stereocenters. The molecular formula is C35H29N3O5S. The Kier molecular flexibility index (Phi) is 9.91. The fourth-order valence-corrected chi connectivity index (χ4v) is 4.91. The number of anilines is 2. The summed E-state index contributed by atoms with van der Waals surface area (Å²) in [5, 5.41) is 8.40. The van der Waals surface area contributed by atoms with Gasteiger partial charge in [-0.05, 0) is 72.8 Å². The van der Waals surface area contributed by atoms with E-state index in [0.29, 0.717) is 28.5 Å². The number of carbonyl (C=O) groups excluding carboxylic acids is 3. The van der Waals surface area contributed by atoms with E-state index in [9.17, 15) is 14.4 Å². The summed E-state index contributed by atoms with van der Waals surface area (Å²) in [4.78, 5) is 39.5. The number of nitrogens with one attached hydrogen (secondary N) is 3. The van der Waals surface area contributed by atoms with E-state index in [-0.39, 0.29) is 17.4 Å². The van der Waals surface area contributed by atoms with Gasteiger partial charge in [-0.1, -0.05) is 48.5 Å². The number of furan rings is 1. The number of para-hydroxylation sites is 2. The maximum atomic E-state index is 13.4. The standard InChI is InChI=1S/C35H29N3O5S/c1-42-31-15-9-8-14-29(31)32-21-18-27(43-32)22-30(38-34(40)24-10-4-2-5-11-24)35(41)37-26-16-19-28(20-17-26)44-23-33(39)36-25-12-6-3-7-13-25/h2-22H,23H2,1H3,(H,36,39)(H,37,41)(H,38,40). The normalized spacial score (nSPS) is 11.0. The van der Waals surface area contributed by atoms with E-state index in [0.717, 1.165) is 16.1 Å². The number of hydrogen-bond donors (Lipinski definition) is 3. The van der Waals surface area contributed by atoms with Gasteiger partial charge >= 0.3 is 0 Å². The van der Waals surface area contributed by atoms with Crippen LogP contribution in [0.25, 0.3) is 17.4 Å². The first-order valence-electron chi connectivity index (χ1n) is 13.7. The molecule has 5 aromatic rings. The third kappa shape index (κ3) is 8.05. The average Bonchev–Trinajstić information content (AvgIpc) is 3.53. The SMILES string of the molecule is COc1ccccc1-c1ccc(C=C(NC(=O)c2ccccc2)C(=O)Nc2ccc(SCC(=O)Nc3ccccc3)cc2)o1. The van der Waals surface area contributed by atoms with Crippen LogP contribution in [0.4, 0.5) is 11.4 Å². The van der Waals surface area contributed by atoms with Gasteiger partial charge in [0.15, 0.2) is 0 Å². The largest absolute Gasteiger partial charge is 0.496 e. The van der Waals surface area contributed by atoms with Crippen LogP contribution in [0.1, 0.15) is 16.1 Å². The molecule has 44 heavy (non-hydrogen) atoms. The van der Waals surface area contributed by atoms with E-state index in [2.05, 4.69) is 16.0 Å². The molecule has 0 aliphatic rings. The van der Waals surface area contributed by atoms with Crippen molar-refractivity contribution in [2.24, 2.45) is 0 Å². The molecule has 0 aliphatic carbocycles. The van der Waals surface area contributed by atoms with Crippen LogP contribution in [-0.4, -0.2) is 30.6 Å².